The van der Waals surface area contributed by atoms with Gasteiger partial charge in [-0.1, -0.05) is 32.9 Å². The third-order valence-electron chi connectivity index (χ3n) is 4.04. The number of hydrogen-bond acceptors (Lipinski definition) is 4. The molecule has 3 rings (SSSR count). The van der Waals surface area contributed by atoms with E-state index in [1.54, 1.807) is 36.4 Å². The van der Waals surface area contributed by atoms with Crippen LogP contribution in [-0.4, -0.2) is 27.7 Å². The van der Waals surface area contributed by atoms with Crippen molar-refractivity contribution in [2.24, 2.45) is 0 Å². The molecule has 0 bridgehead atoms. The van der Waals surface area contributed by atoms with E-state index >= 15 is 0 Å². The number of halogens is 1. The number of benzene rings is 2. The van der Waals surface area contributed by atoms with E-state index in [0.717, 1.165) is 12.2 Å². The smallest absolute Gasteiger partial charge is 0.207 e. The molecule has 2 aromatic carbocycles. The van der Waals surface area contributed by atoms with Crippen molar-refractivity contribution in [1.29, 1.82) is 0 Å². The Labute approximate surface area is 157 Å². The van der Waals surface area contributed by atoms with Crippen molar-refractivity contribution < 1.29 is 17.9 Å². The highest BCUT2D eigenvalue weighted by Gasteiger charge is 2.25. The summed E-state index contributed by atoms with van der Waals surface area (Å²) in [5.74, 6) is 0.616. The van der Waals surface area contributed by atoms with Crippen LogP contribution in [0.5, 0.6) is 5.75 Å². The molecule has 134 valence electrons. The number of rotatable bonds is 5. The van der Waals surface area contributed by atoms with Crippen LogP contribution in [0.15, 0.2) is 56.7 Å². The van der Waals surface area contributed by atoms with Crippen LogP contribution in [-0.2, 0) is 20.0 Å². The Morgan fingerprint density at radius 3 is 2.52 bits per heavy atom. The molecule has 1 heterocycles. The Balaban J connectivity index is 1.91. The molecule has 1 saturated heterocycles. The maximum absolute atomic E-state index is 13.0. The average molecular weight is 425 g/mol. The van der Waals surface area contributed by atoms with Gasteiger partial charge >= 0.3 is 0 Å². The number of hydrogen-bond donors (Lipinski definition) is 0. The Kier molecular flexibility index (Phi) is 4.97. The van der Waals surface area contributed by atoms with Gasteiger partial charge in [0.25, 0.3) is 0 Å². The number of sulfone groups is 1. The molecule has 1 aliphatic rings. The van der Waals surface area contributed by atoms with Crippen LogP contribution in [0, 0.1) is 0 Å². The Hall–Kier alpha value is -1.37. The summed E-state index contributed by atoms with van der Waals surface area (Å²) in [4.78, 5) is 0.522. The minimum atomic E-state index is -3.62. The van der Waals surface area contributed by atoms with Gasteiger partial charge in [0.1, 0.15) is 18.5 Å². The molecule has 4 nitrogen and oxygen atoms in total. The molecule has 6 heteroatoms. The second-order valence-electron chi connectivity index (χ2n) is 7.14. The van der Waals surface area contributed by atoms with E-state index in [1.165, 1.54) is 0 Å². The molecule has 1 fully saturated rings. The zero-order chi connectivity index (χ0) is 18.2. The van der Waals surface area contributed by atoms with Crippen LogP contribution in [0.1, 0.15) is 26.3 Å². The quantitative estimate of drug-likeness (QED) is 0.669. The van der Waals surface area contributed by atoms with Crippen LogP contribution in [0.25, 0.3) is 0 Å². The monoisotopic (exact) mass is 424 g/mol. The van der Waals surface area contributed by atoms with Gasteiger partial charge in [0.2, 0.25) is 9.84 Å². The van der Waals surface area contributed by atoms with Crippen LogP contribution < -0.4 is 4.74 Å². The van der Waals surface area contributed by atoms with Gasteiger partial charge in [-0.25, -0.2) is 8.42 Å². The summed E-state index contributed by atoms with van der Waals surface area (Å²) in [5, 5.41) is 0. The molecule has 1 atom stereocenters. The summed E-state index contributed by atoms with van der Waals surface area (Å²) in [6, 6.07) is 12.0. The zero-order valence-electron chi connectivity index (χ0n) is 14.5. The van der Waals surface area contributed by atoms with E-state index < -0.39 is 9.84 Å². The summed E-state index contributed by atoms with van der Waals surface area (Å²) in [7, 11) is -3.62. The SMILES string of the molecule is CC(C)(C)c1cccc(S(=O)(=O)c2ccc(OCC3CO3)cc2Br)c1. The molecule has 0 amide bonds. The Morgan fingerprint density at radius 1 is 1.20 bits per heavy atom. The van der Waals surface area contributed by atoms with Crippen molar-refractivity contribution >= 4 is 25.8 Å². The van der Waals surface area contributed by atoms with Gasteiger partial charge in [0.15, 0.2) is 0 Å². The van der Waals surface area contributed by atoms with E-state index in [0.29, 0.717) is 21.7 Å². The highest BCUT2D eigenvalue weighted by atomic mass is 79.9. The van der Waals surface area contributed by atoms with E-state index in [-0.39, 0.29) is 16.4 Å². The summed E-state index contributed by atoms with van der Waals surface area (Å²) in [6.45, 7) is 7.38. The fourth-order valence-corrected chi connectivity index (χ4v) is 4.75. The van der Waals surface area contributed by atoms with Gasteiger partial charge in [-0.05, 0) is 57.2 Å². The topological polar surface area (TPSA) is 55.9 Å². The van der Waals surface area contributed by atoms with E-state index in [1.807, 2.05) is 6.07 Å². The molecule has 1 aliphatic heterocycles. The standard InChI is InChI=1S/C19H21BrO4S/c1-19(2,3)13-5-4-6-16(9-13)25(21,22)18-8-7-14(10-17(18)20)23-11-15-12-24-15/h4-10,15H,11-12H2,1-3H3. The molecule has 0 aromatic heterocycles. The lowest BCUT2D eigenvalue weighted by Gasteiger charge is -2.20. The molecule has 0 saturated carbocycles. The van der Waals surface area contributed by atoms with Crippen LogP contribution in [0.3, 0.4) is 0 Å². The van der Waals surface area contributed by atoms with E-state index in [9.17, 15) is 8.42 Å². The lowest BCUT2D eigenvalue weighted by Crippen LogP contribution is -2.12. The van der Waals surface area contributed by atoms with Gasteiger partial charge < -0.3 is 9.47 Å². The average Bonchev–Trinajstić information content (AvgIpc) is 3.36. The normalized spacial score (nSPS) is 17.4. The van der Waals surface area contributed by atoms with Crippen LogP contribution in [0.4, 0.5) is 0 Å². The molecule has 0 N–H and O–H groups in total. The van der Waals surface area contributed by atoms with Crippen LogP contribution in [0.2, 0.25) is 0 Å². The first kappa shape index (κ1) is 18.4. The highest BCUT2D eigenvalue weighted by molar-refractivity contribution is 9.10. The molecule has 0 radical (unpaired) electrons. The second-order valence-corrected chi connectivity index (χ2v) is 9.91. The van der Waals surface area contributed by atoms with E-state index in [2.05, 4.69) is 36.7 Å². The molecular formula is C19H21BrO4S. The van der Waals surface area contributed by atoms with Crippen molar-refractivity contribution in [2.45, 2.75) is 42.1 Å². The molecule has 0 aliphatic carbocycles. The maximum atomic E-state index is 13.0. The van der Waals surface area contributed by atoms with Crippen molar-refractivity contribution in [3.8, 4) is 5.75 Å². The lowest BCUT2D eigenvalue weighted by molar-refractivity contribution is 0.263. The first-order chi connectivity index (χ1) is 11.7. The summed E-state index contributed by atoms with van der Waals surface area (Å²) in [5.41, 5.74) is 0.861. The van der Waals surface area contributed by atoms with Gasteiger partial charge in [-0.3, -0.25) is 0 Å². The third-order valence-corrected chi connectivity index (χ3v) is 6.77. The molecule has 1 unspecified atom stereocenters. The lowest BCUT2D eigenvalue weighted by atomic mass is 9.87. The molecular weight excluding hydrogens is 404 g/mol. The van der Waals surface area contributed by atoms with Crippen LogP contribution >= 0.6 is 15.9 Å². The van der Waals surface area contributed by atoms with Crippen molar-refractivity contribution in [2.75, 3.05) is 13.2 Å². The molecule has 2 aromatic rings. The predicted octanol–water partition coefficient (Wildman–Crippen LogP) is 4.36. The second kappa shape index (κ2) is 6.74. The van der Waals surface area contributed by atoms with Gasteiger partial charge in [0.05, 0.1) is 16.4 Å². The summed E-state index contributed by atoms with van der Waals surface area (Å²) >= 11 is 3.37. The Morgan fingerprint density at radius 2 is 1.92 bits per heavy atom. The number of epoxide rings is 1. The Bertz CT molecular complexity index is 881. The molecule has 0 spiro atoms. The van der Waals surface area contributed by atoms with Crippen molar-refractivity contribution in [1.82, 2.24) is 0 Å². The fraction of sp³-hybridized carbons (Fsp3) is 0.368. The highest BCUT2D eigenvalue weighted by Crippen LogP contribution is 2.33. The first-order valence-corrected chi connectivity index (χ1v) is 10.3. The molecule has 25 heavy (non-hydrogen) atoms. The van der Waals surface area contributed by atoms with Crippen molar-refractivity contribution in [3.05, 3.63) is 52.5 Å². The fourth-order valence-electron chi connectivity index (χ4n) is 2.40. The predicted molar refractivity (Wildman–Crippen MR) is 100.0 cm³/mol. The summed E-state index contributed by atoms with van der Waals surface area (Å²) < 4.78 is 37.2. The summed E-state index contributed by atoms with van der Waals surface area (Å²) in [6.07, 6.45) is 0.155. The largest absolute Gasteiger partial charge is 0.491 e. The first-order valence-electron chi connectivity index (χ1n) is 8.07. The third kappa shape index (κ3) is 4.25. The van der Waals surface area contributed by atoms with Gasteiger partial charge in [-0.15, -0.1) is 0 Å². The van der Waals surface area contributed by atoms with Gasteiger partial charge in [-0.2, -0.15) is 0 Å². The minimum Gasteiger partial charge on any atom is -0.491 e. The van der Waals surface area contributed by atoms with E-state index in [4.69, 9.17) is 9.47 Å². The van der Waals surface area contributed by atoms with Gasteiger partial charge in [0, 0.05) is 4.47 Å². The zero-order valence-corrected chi connectivity index (χ0v) is 16.9. The minimum absolute atomic E-state index is 0.120. The number of ether oxygens (including phenoxy) is 2. The maximum Gasteiger partial charge on any atom is 0.207 e. The van der Waals surface area contributed by atoms with Crippen molar-refractivity contribution in [3.63, 3.8) is 0 Å².